The van der Waals surface area contributed by atoms with E-state index in [9.17, 15) is 5.11 Å². The van der Waals surface area contributed by atoms with Gasteiger partial charge in [-0.15, -0.1) is 0 Å². The van der Waals surface area contributed by atoms with Crippen LogP contribution in [0.2, 0.25) is 0 Å². The zero-order valence-electron chi connectivity index (χ0n) is 15.1. The van der Waals surface area contributed by atoms with Gasteiger partial charge in [-0.25, -0.2) is 0 Å². The molecule has 136 valence electrons. The fourth-order valence-corrected chi connectivity index (χ4v) is 2.77. The second-order valence-electron chi connectivity index (χ2n) is 6.39. The van der Waals surface area contributed by atoms with Crippen molar-refractivity contribution in [3.05, 3.63) is 78.4 Å². The zero-order chi connectivity index (χ0) is 19.1. The van der Waals surface area contributed by atoms with Crippen LogP contribution in [0.1, 0.15) is 24.5 Å². The van der Waals surface area contributed by atoms with Gasteiger partial charge in [0.1, 0.15) is 17.9 Å². The molecule has 0 saturated heterocycles. The molecule has 0 saturated carbocycles. The van der Waals surface area contributed by atoms with Crippen LogP contribution < -0.4 is 4.74 Å². The summed E-state index contributed by atoms with van der Waals surface area (Å²) < 4.78 is 5.87. The number of hydrogen-bond acceptors (Lipinski definition) is 5. The van der Waals surface area contributed by atoms with Gasteiger partial charge >= 0.3 is 0 Å². The van der Waals surface area contributed by atoms with Gasteiger partial charge in [-0.05, 0) is 55.2 Å². The molecule has 0 bridgehead atoms. The number of nitrogens with zero attached hydrogens (tertiary/aromatic N) is 3. The summed E-state index contributed by atoms with van der Waals surface area (Å²) in [5, 5.41) is 19.3. The first-order chi connectivity index (χ1) is 13.2. The van der Waals surface area contributed by atoms with Crippen molar-refractivity contribution >= 4 is 0 Å². The van der Waals surface area contributed by atoms with E-state index in [0.29, 0.717) is 17.7 Å². The highest BCUT2D eigenvalue weighted by atomic mass is 16.5. The lowest BCUT2D eigenvalue weighted by atomic mass is 10.0. The fraction of sp³-hybridized carbons (Fsp3) is 0.227. The summed E-state index contributed by atoms with van der Waals surface area (Å²) >= 11 is 0. The SMILES string of the molecule is C[C@H](Oc1ccc(-c2cncc(C#N)c2)cc1)[C@H](O)CCc1cccnc1. The van der Waals surface area contributed by atoms with Crippen molar-refractivity contribution in [2.45, 2.75) is 32.0 Å². The Balaban J connectivity index is 1.57. The lowest BCUT2D eigenvalue weighted by Gasteiger charge is -2.20. The first-order valence-corrected chi connectivity index (χ1v) is 8.85. The number of rotatable bonds is 7. The Kier molecular flexibility index (Phi) is 6.14. The molecular weight excluding hydrogens is 338 g/mol. The maximum absolute atomic E-state index is 10.3. The Morgan fingerprint density at radius 2 is 1.89 bits per heavy atom. The number of aliphatic hydroxyl groups is 1. The third-order valence-electron chi connectivity index (χ3n) is 4.37. The number of benzene rings is 1. The monoisotopic (exact) mass is 359 g/mol. The van der Waals surface area contributed by atoms with Crippen LogP contribution in [0.5, 0.6) is 5.75 Å². The van der Waals surface area contributed by atoms with E-state index in [2.05, 4.69) is 16.0 Å². The molecule has 0 unspecified atom stereocenters. The van der Waals surface area contributed by atoms with Crippen molar-refractivity contribution in [1.82, 2.24) is 9.97 Å². The van der Waals surface area contributed by atoms with Gasteiger partial charge < -0.3 is 9.84 Å². The maximum Gasteiger partial charge on any atom is 0.122 e. The van der Waals surface area contributed by atoms with E-state index in [4.69, 9.17) is 10.00 Å². The molecule has 2 aromatic heterocycles. The van der Waals surface area contributed by atoms with Crippen LogP contribution in [0.4, 0.5) is 0 Å². The number of aromatic nitrogens is 2. The smallest absolute Gasteiger partial charge is 0.122 e. The number of hydrogen-bond donors (Lipinski definition) is 1. The van der Waals surface area contributed by atoms with E-state index < -0.39 is 6.10 Å². The van der Waals surface area contributed by atoms with Gasteiger partial charge in [0, 0.05) is 30.4 Å². The van der Waals surface area contributed by atoms with Crippen molar-refractivity contribution in [2.24, 2.45) is 0 Å². The van der Waals surface area contributed by atoms with Crippen LogP contribution in [0, 0.1) is 11.3 Å². The molecule has 0 aliphatic carbocycles. The molecule has 0 amide bonds. The topological polar surface area (TPSA) is 79.0 Å². The summed E-state index contributed by atoms with van der Waals surface area (Å²) in [7, 11) is 0. The second kappa shape index (κ2) is 8.93. The molecule has 5 heteroatoms. The summed E-state index contributed by atoms with van der Waals surface area (Å²) in [5.41, 5.74) is 3.46. The fourth-order valence-electron chi connectivity index (χ4n) is 2.77. The van der Waals surface area contributed by atoms with Crippen LogP contribution in [0.3, 0.4) is 0 Å². The maximum atomic E-state index is 10.3. The molecule has 0 aliphatic rings. The first kappa shape index (κ1) is 18.6. The molecule has 0 spiro atoms. The molecular formula is C22H21N3O2. The minimum absolute atomic E-state index is 0.323. The molecule has 2 atom stereocenters. The highest BCUT2D eigenvalue weighted by Crippen LogP contribution is 2.23. The number of aryl methyl sites for hydroxylation is 1. The number of pyridine rings is 2. The van der Waals surface area contributed by atoms with Crippen molar-refractivity contribution in [2.75, 3.05) is 0 Å². The Labute approximate surface area is 158 Å². The number of aliphatic hydroxyl groups excluding tert-OH is 1. The van der Waals surface area contributed by atoms with Crippen molar-refractivity contribution in [1.29, 1.82) is 5.26 Å². The lowest BCUT2D eigenvalue weighted by molar-refractivity contribution is 0.0420. The van der Waals surface area contributed by atoms with Gasteiger partial charge in [-0.2, -0.15) is 5.26 Å². The Morgan fingerprint density at radius 3 is 2.59 bits per heavy atom. The zero-order valence-corrected chi connectivity index (χ0v) is 15.1. The van der Waals surface area contributed by atoms with Crippen LogP contribution in [-0.2, 0) is 6.42 Å². The summed E-state index contributed by atoms with van der Waals surface area (Å²) in [5.74, 6) is 0.691. The van der Waals surface area contributed by atoms with Crippen LogP contribution in [0.25, 0.3) is 11.1 Å². The molecule has 27 heavy (non-hydrogen) atoms. The predicted octanol–water partition coefficient (Wildman–Crippen LogP) is 3.78. The van der Waals surface area contributed by atoms with Crippen molar-refractivity contribution in [3.63, 3.8) is 0 Å². The van der Waals surface area contributed by atoms with E-state index in [-0.39, 0.29) is 6.10 Å². The van der Waals surface area contributed by atoms with E-state index in [1.165, 1.54) is 6.20 Å². The van der Waals surface area contributed by atoms with Gasteiger partial charge in [0.2, 0.25) is 0 Å². The van der Waals surface area contributed by atoms with Gasteiger partial charge in [-0.3, -0.25) is 9.97 Å². The quantitative estimate of drug-likeness (QED) is 0.694. The van der Waals surface area contributed by atoms with Crippen LogP contribution >= 0.6 is 0 Å². The van der Waals surface area contributed by atoms with E-state index >= 15 is 0 Å². The van der Waals surface area contributed by atoms with Gasteiger partial charge in [0.25, 0.3) is 0 Å². The molecule has 0 fully saturated rings. The molecule has 3 aromatic rings. The summed E-state index contributed by atoms with van der Waals surface area (Å²) in [6.07, 6.45) is 7.28. The van der Waals surface area contributed by atoms with Gasteiger partial charge in [0.05, 0.1) is 11.7 Å². The highest BCUT2D eigenvalue weighted by Gasteiger charge is 2.16. The molecule has 3 rings (SSSR count). The van der Waals surface area contributed by atoms with Gasteiger partial charge in [-0.1, -0.05) is 18.2 Å². The Morgan fingerprint density at radius 1 is 1.07 bits per heavy atom. The second-order valence-corrected chi connectivity index (χ2v) is 6.39. The lowest BCUT2D eigenvalue weighted by Crippen LogP contribution is -2.29. The average molecular weight is 359 g/mol. The Bertz CT molecular complexity index is 905. The van der Waals surface area contributed by atoms with Crippen LogP contribution in [-0.4, -0.2) is 27.3 Å². The third kappa shape index (κ3) is 5.13. The van der Waals surface area contributed by atoms with E-state index in [1.807, 2.05) is 49.5 Å². The number of ether oxygens (including phenoxy) is 1. The van der Waals surface area contributed by atoms with Crippen molar-refractivity contribution < 1.29 is 9.84 Å². The average Bonchev–Trinajstić information content (AvgIpc) is 2.73. The van der Waals surface area contributed by atoms with Crippen LogP contribution in [0.15, 0.2) is 67.3 Å². The first-order valence-electron chi connectivity index (χ1n) is 8.85. The molecule has 1 aromatic carbocycles. The largest absolute Gasteiger partial charge is 0.488 e. The minimum Gasteiger partial charge on any atom is -0.488 e. The Hall–Kier alpha value is -3.23. The highest BCUT2D eigenvalue weighted by molar-refractivity contribution is 5.64. The molecule has 0 radical (unpaired) electrons. The molecule has 2 heterocycles. The molecule has 0 aliphatic heterocycles. The summed E-state index contributed by atoms with van der Waals surface area (Å²) in [4.78, 5) is 8.16. The standard InChI is InChI=1S/C22H21N3O2/c1-16(22(26)9-4-17-3-2-10-24-13-17)27-21-7-5-19(6-8-21)20-11-18(12-23)14-25-15-20/h2-3,5-8,10-11,13-16,22,26H,4,9H2,1H3/t16-,22+/m0/s1. The summed E-state index contributed by atoms with van der Waals surface area (Å²) in [6, 6.07) is 15.3. The number of nitriles is 1. The van der Waals surface area contributed by atoms with E-state index in [0.717, 1.165) is 23.1 Å². The predicted molar refractivity (Wildman–Crippen MR) is 103 cm³/mol. The minimum atomic E-state index is -0.568. The van der Waals surface area contributed by atoms with Crippen molar-refractivity contribution in [3.8, 4) is 22.9 Å². The third-order valence-corrected chi connectivity index (χ3v) is 4.37. The normalized spacial score (nSPS) is 12.8. The summed E-state index contributed by atoms with van der Waals surface area (Å²) in [6.45, 7) is 1.86. The molecule has 5 nitrogen and oxygen atoms in total. The molecule has 1 N–H and O–H groups in total. The van der Waals surface area contributed by atoms with E-state index in [1.54, 1.807) is 18.5 Å². The van der Waals surface area contributed by atoms with Gasteiger partial charge in [0.15, 0.2) is 0 Å².